The van der Waals surface area contributed by atoms with Crippen molar-refractivity contribution in [3.8, 4) is 0 Å². The second kappa shape index (κ2) is 19.4. The molecule has 0 heterocycles. The molecule has 0 rings (SSSR count). The van der Waals surface area contributed by atoms with E-state index < -0.39 is 19.5 Å². The summed E-state index contributed by atoms with van der Waals surface area (Å²) in [6, 6.07) is 0. The molecule has 0 spiro atoms. The lowest BCUT2D eigenvalue weighted by Gasteiger charge is -2.53. The summed E-state index contributed by atoms with van der Waals surface area (Å²) in [7, 11) is -1.64. The van der Waals surface area contributed by atoms with E-state index in [0.29, 0.717) is 0 Å². The highest BCUT2D eigenvalue weighted by molar-refractivity contribution is 6.30. The van der Waals surface area contributed by atoms with Crippen LogP contribution in [0.15, 0.2) is 0 Å². The average Bonchev–Trinajstić information content (AvgIpc) is 2.77. The van der Waals surface area contributed by atoms with E-state index in [0.717, 1.165) is 45.8 Å². The van der Waals surface area contributed by atoms with Gasteiger partial charge in [0, 0.05) is 37.5 Å². The number of ether oxygens (including phenoxy) is 2. The van der Waals surface area contributed by atoms with Crippen LogP contribution < -0.4 is 0 Å². The first-order valence-corrected chi connectivity index (χ1v) is 16.7. The Hall–Kier alpha value is 0.234. The molecule has 0 aliphatic carbocycles. The van der Waals surface area contributed by atoms with E-state index in [1.807, 2.05) is 0 Å². The lowest BCUT2D eigenvalue weighted by molar-refractivity contribution is -0.100. The Balaban J connectivity index is 5.48. The SMILES string of the molecule is CCCCCCOC([SiH2]OCC)C(C)(C)N(CC)C(C)(C)C(OCCCCCC)[SiH2]OCC. The summed E-state index contributed by atoms with van der Waals surface area (Å²) in [6.07, 6.45) is 9.84. The molecular weight excluding hydrogens is 446 g/mol. The molecule has 0 aromatic rings. The van der Waals surface area contributed by atoms with Gasteiger partial charge in [-0.1, -0.05) is 59.3 Å². The molecule has 2 atom stereocenters. The van der Waals surface area contributed by atoms with Crippen LogP contribution in [0.5, 0.6) is 0 Å². The second-order valence-electron chi connectivity index (χ2n) is 10.2. The van der Waals surface area contributed by atoms with Gasteiger partial charge in [-0.15, -0.1) is 0 Å². The van der Waals surface area contributed by atoms with Crippen molar-refractivity contribution in [2.24, 2.45) is 0 Å². The molecule has 0 aliphatic rings. The summed E-state index contributed by atoms with van der Waals surface area (Å²) in [5.41, 5.74) is 0.0402. The molecule has 0 aliphatic heterocycles. The van der Waals surface area contributed by atoms with E-state index in [9.17, 15) is 0 Å². The van der Waals surface area contributed by atoms with Crippen molar-refractivity contribution < 1.29 is 18.3 Å². The van der Waals surface area contributed by atoms with Crippen LogP contribution in [0.2, 0.25) is 0 Å². The lowest BCUT2D eigenvalue weighted by atomic mass is 9.93. The Labute approximate surface area is 211 Å². The summed E-state index contributed by atoms with van der Waals surface area (Å²) >= 11 is 0. The Morgan fingerprint density at radius 1 is 0.606 bits per heavy atom. The molecule has 0 radical (unpaired) electrons. The predicted molar refractivity (Wildman–Crippen MR) is 149 cm³/mol. The number of hydrogen-bond acceptors (Lipinski definition) is 5. The monoisotopic (exact) mass is 505 g/mol. The van der Waals surface area contributed by atoms with Crippen LogP contribution in [-0.4, -0.2) is 79.9 Å². The van der Waals surface area contributed by atoms with Crippen LogP contribution in [0.3, 0.4) is 0 Å². The fraction of sp³-hybridized carbons (Fsp3) is 1.00. The summed E-state index contributed by atoms with van der Waals surface area (Å²) in [5.74, 6) is 0. The van der Waals surface area contributed by atoms with Crippen LogP contribution in [0.25, 0.3) is 0 Å². The van der Waals surface area contributed by atoms with Crippen LogP contribution in [-0.2, 0) is 18.3 Å². The highest BCUT2D eigenvalue weighted by atomic mass is 28.2. The van der Waals surface area contributed by atoms with Crippen molar-refractivity contribution in [3.05, 3.63) is 0 Å². The summed E-state index contributed by atoms with van der Waals surface area (Å²) in [5, 5.41) is 0. The zero-order valence-corrected chi connectivity index (χ0v) is 26.7. The second-order valence-corrected chi connectivity index (χ2v) is 13.2. The molecule has 7 heteroatoms. The van der Waals surface area contributed by atoms with Gasteiger partial charge in [0.1, 0.15) is 0 Å². The minimum atomic E-state index is -0.819. The number of likely N-dealkylation sites (N-methyl/N-ethyl adjacent to an activating group) is 1. The Morgan fingerprint density at radius 3 is 1.30 bits per heavy atom. The van der Waals surface area contributed by atoms with Crippen molar-refractivity contribution >= 4 is 19.5 Å². The third-order valence-corrected chi connectivity index (χ3v) is 11.2. The molecule has 0 aromatic heterocycles. The average molecular weight is 506 g/mol. The highest BCUT2D eigenvalue weighted by Crippen LogP contribution is 2.33. The molecule has 0 bridgehead atoms. The zero-order valence-electron chi connectivity index (χ0n) is 23.8. The topological polar surface area (TPSA) is 40.2 Å². The Kier molecular flexibility index (Phi) is 19.6. The van der Waals surface area contributed by atoms with Crippen molar-refractivity contribution in [1.29, 1.82) is 0 Å². The van der Waals surface area contributed by atoms with E-state index >= 15 is 0 Å². The number of rotatable bonds is 23. The molecule has 0 saturated carbocycles. The summed E-state index contributed by atoms with van der Waals surface area (Å²) in [4.78, 5) is 2.62. The summed E-state index contributed by atoms with van der Waals surface area (Å²) in [6.45, 7) is 24.5. The molecule has 0 amide bonds. The maximum absolute atomic E-state index is 6.55. The van der Waals surface area contributed by atoms with Gasteiger partial charge in [-0.2, -0.15) is 0 Å². The quantitative estimate of drug-likeness (QED) is 0.145. The Morgan fingerprint density at radius 2 is 1.00 bits per heavy atom. The van der Waals surface area contributed by atoms with Crippen LogP contribution >= 0.6 is 0 Å². The normalized spacial score (nSPS) is 15.5. The minimum Gasteiger partial charge on any atom is -0.422 e. The third kappa shape index (κ3) is 12.7. The molecule has 0 N–H and O–H groups in total. The fourth-order valence-electron chi connectivity index (χ4n) is 4.78. The van der Waals surface area contributed by atoms with Gasteiger partial charge in [0.25, 0.3) is 0 Å². The van der Waals surface area contributed by atoms with E-state index in [2.05, 4.69) is 67.2 Å². The van der Waals surface area contributed by atoms with Crippen LogP contribution in [0.4, 0.5) is 0 Å². The maximum Gasteiger partial charge on any atom is 0.192 e. The van der Waals surface area contributed by atoms with Gasteiger partial charge in [0.2, 0.25) is 0 Å². The molecule has 5 nitrogen and oxygen atoms in total. The van der Waals surface area contributed by atoms with Crippen LogP contribution in [0.1, 0.15) is 114 Å². The molecule has 200 valence electrons. The largest absolute Gasteiger partial charge is 0.422 e. The van der Waals surface area contributed by atoms with E-state index in [4.69, 9.17) is 18.3 Å². The molecule has 0 saturated heterocycles. The van der Waals surface area contributed by atoms with Crippen molar-refractivity contribution in [2.45, 2.75) is 136 Å². The number of hydrogen-bond donors (Lipinski definition) is 0. The smallest absolute Gasteiger partial charge is 0.192 e. The van der Waals surface area contributed by atoms with E-state index in [1.165, 1.54) is 38.5 Å². The van der Waals surface area contributed by atoms with Gasteiger partial charge in [-0.05, 0) is 60.9 Å². The Bertz CT molecular complexity index is 414. The van der Waals surface area contributed by atoms with Gasteiger partial charge in [-0.25, -0.2) is 0 Å². The maximum atomic E-state index is 6.55. The van der Waals surface area contributed by atoms with Gasteiger partial charge in [-0.3, -0.25) is 4.90 Å². The van der Waals surface area contributed by atoms with Crippen LogP contribution in [0, 0.1) is 0 Å². The first-order chi connectivity index (χ1) is 15.7. The molecule has 0 aromatic carbocycles. The lowest BCUT2D eigenvalue weighted by Crippen LogP contribution is -2.67. The van der Waals surface area contributed by atoms with Gasteiger partial charge >= 0.3 is 0 Å². The van der Waals surface area contributed by atoms with Gasteiger partial charge < -0.3 is 18.3 Å². The van der Waals surface area contributed by atoms with Gasteiger partial charge in [0.15, 0.2) is 19.5 Å². The first kappa shape index (κ1) is 33.2. The molecule has 2 unspecified atom stereocenters. The van der Waals surface area contributed by atoms with Crippen molar-refractivity contribution in [3.63, 3.8) is 0 Å². The van der Waals surface area contributed by atoms with E-state index in [1.54, 1.807) is 0 Å². The molecule has 0 fully saturated rings. The summed E-state index contributed by atoms with van der Waals surface area (Å²) < 4.78 is 25.2. The third-order valence-electron chi connectivity index (χ3n) is 6.86. The number of nitrogens with zero attached hydrogens (tertiary/aromatic N) is 1. The zero-order chi connectivity index (χ0) is 25.2. The van der Waals surface area contributed by atoms with Gasteiger partial charge in [0.05, 0.1) is 11.5 Å². The predicted octanol–water partition coefficient (Wildman–Crippen LogP) is 4.95. The fourth-order valence-corrected chi connectivity index (χ4v) is 7.46. The minimum absolute atomic E-state index is 0.130. The number of unbranched alkanes of at least 4 members (excludes halogenated alkanes) is 6. The standard InChI is InChI=1S/C26H59NO4Si2/c1-10-15-17-19-21-28-23(32-30-13-4)25(6,7)27(12-3)26(8,9)24(33-31-14-5)29-22-20-18-16-11-2/h23-24H,10-22,32-33H2,1-9H3. The van der Waals surface area contributed by atoms with Crippen molar-refractivity contribution in [2.75, 3.05) is 33.0 Å². The van der Waals surface area contributed by atoms with E-state index in [-0.39, 0.29) is 22.5 Å². The molecular formula is C26H59NO4Si2. The first-order valence-electron chi connectivity index (χ1n) is 13.9. The van der Waals surface area contributed by atoms with Crippen molar-refractivity contribution in [1.82, 2.24) is 4.90 Å². The molecule has 33 heavy (non-hydrogen) atoms. The highest BCUT2D eigenvalue weighted by Gasteiger charge is 2.46.